The van der Waals surface area contributed by atoms with E-state index in [1.54, 1.807) is 0 Å². The molecule has 0 spiro atoms. The van der Waals surface area contributed by atoms with Crippen LogP contribution in [-0.2, 0) is 9.53 Å². The molecular weight excluding hydrogens is 140 g/mol. The van der Waals surface area contributed by atoms with Crippen molar-refractivity contribution in [1.29, 1.82) is 0 Å². The lowest BCUT2D eigenvalue weighted by Gasteiger charge is -2.28. The largest absolute Gasteiger partial charge is 0.377 e. The smallest absolute Gasteiger partial charge is 0.125 e. The number of rotatable bonds is 1. The Bertz CT molecular complexity index is 146. The van der Waals surface area contributed by atoms with Crippen LogP contribution in [0.3, 0.4) is 0 Å². The number of ether oxygens (including phenoxy) is 1. The van der Waals surface area contributed by atoms with Crippen molar-refractivity contribution in [1.82, 2.24) is 0 Å². The monoisotopic (exact) mass is 156 g/mol. The van der Waals surface area contributed by atoms with Gasteiger partial charge in [-0.15, -0.1) is 0 Å². The highest BCUT2D eigenvalue weighted by molar-refractivity contribution is 5.55. The molecular formula is C9H16O2. The zero-order valence-corrected chi connectivity index (χ0v) is 7.46. The minimum atomic E-state index is 0.0993. The van der Waals surface area contributed by atoms with Gasteiger partial charge in [0.25, 0.3) is 0 Å². The first-order valence-electron chi connectivity index (χ1n) is 4.12. The number of carbonyl (C=O) groups is 1. The van der Waals surface area contributed by atoms with E-state index in [0.29, 0.717) is 0 Å². The molecule has 2 atom stereocenters. The van der Waals surface area contributed by atoms with Crippen LogP contribution >= 0.6 is 0 Å². The van der Waals surface area contributed by atoms with E-state index in [2.05, 4.69) is 20.8 Å². The Balaban J connectivity index is 2.63. The topological polar surface area (TPSA) is 26.3 Å². The first kappa shape index (κ1) is 8.72. The van der Waals surface area contributed by atoms with Crippen LogP contribution in [0.5, 0.6) is 0 Å². The van der Waals surface area contributed by atoms with Gasteiger partial charge in [0.2, 0.25) is 0 Å². The third-order valence-corrected chi connectivity index (χ3v) is 2.17. The Hall–Kier alpha value is -0.370. The highest BCUT2D eigenvalue weighted by atomic mass is 16.5. The summed E-state index contributed by atoms with van der Waals surface area (Å²) >= 11 is 0. The number of aldehydes is 1. The summed E-state index contributed by atoms with van der Waals surface area (Å²) in [7, 11) is 0. The summed E-state index contributed by atoms with van der Waals surface area (Å²) in [5.41, 5.74) is 0.0993. The van der Waals surface area contributed by atoms with Crippen molar-refractivity contribution in [2.75, 3.05) is 6.61 Å². The summed E-state index contributed by atoms with van der Waals surface area (Å²) in [5, 5.41) is 0. The van der Waals surface area contributed by atoms with Crippen molar-refractivity contribution >= 4 is 6.29 Å². The van der Waals surface area contributed by atoms with Crippen LogP contribution in [0.15, 0.2) is 0 Å². The van der Waals surface area contributed by atoms with Gasteiger partial charge in [-0.3, -0.25) is 0 Å². The molecule has 0 aromatic rings. The summed E-state index contributed by atoms with van der Waals surface area (Å²) in [4.78, 5) is 10.6. The molecule has 64 valence electrons. The van der Waals surface area contributed by atoms with E-state index in [-0.39, 0.29) is 17.4 Å². The van der Waals surface area contributed by atoms with E-state index in [1.807, 2.05) is 0 Å². The van der Waals surface area contributed by atoms with Gasteiger partial charge in [-0.05, 0) is 11.8 Å². The third-order valence-electron chi connectivity index (χ3n) is 2.17. The summed E-state index contributed by atoms with van der Waals surface area (Å²) < 4.78 is 5.49. The third kappa shape index (κ3) is 1.80. The van der Waals surface area contributed by atoms with Crippen molar-refractivity contribution in [3.63, 3.8) is 0 Å². The second-order valence-electron chi connectivity index (χ2n) is 4.25. The van der Waals surface area contributed by atoms with Gasteiger partial charge in [0.15, 0.2) is 0 Å². The molecule has 0 radical (unpaired) electrons. The number of carbonyl (C=O) groups excluding carboxylic acids is 1. The van der Waals surface area contributed by atoms with Gasteiger partial charge in [0.05, 0.1) is 6.10 Å². The van der Waals surface area contributed by atoms with Crippen LogP contribution in [-0.4, -0.2) is 19.0 Å². The molecule has 0 aliphatic carbocycles. The highest BCUT2D eigenvalue weighted by Gasteiger charge is 2.36. The van der Waals surface area contributed by atoms with Gasteiger partial charge in [0.1, 0.15) is 6.29 Å². The van der Waals surface area contributed by atoms with E-state index >= 15 is 0 Å². The molecule has 2 nitrogen and oxygen atoms in total. The van der Waals surface area contributed by atoms with Crippen LogP contribution in [0.1, 0.15) is 27.2 Å². The Morgan fingerprint density at radius 2 is 2.09 bits per heavy atom. The first-order chi connectivity index (χ1) is 5.05. The van der Waals surface area contributed by atoms with Crippen LogP contribution in [0.25, 0.3) is 0 Å². The molecule has 0 saturated carbocycles. The lowest BCUT2D eigenvalue weighted by molar-refractivity contribution is -0.114. The predicted octanol–water partition coefficient (Wildman–Crippen LogP) is 1.64. The van der Waals surface area contributed by atoms with Gasteiger partial charge >= 0.3 is 0 Å². The van der Waals surface area contributed by atoms with Crippen molar-refractivity contribution in [2.24, 2.45) is 11.3 Å². The summed E-state index contributed by atoms with van der Waals surface area (Å²) in [6, 6.07) is 0. The minimum absolute atomic E-state index is 0.0993. The molecule has 2 unspecified atom stereocenters. The van der Waals surface area contributed by atoms with E-state index in [0.717, 1.165) is 19.3 Å². The van der Waals surface area contributed by atoms with Crippen molar-refractivity contribution in [3.05, 3.63) is 0 Å². The molecule has 2 heteroatoms. The van der Waals surface area contributed by atoms with E-state index in [4.69, 9.17) is 4.74 Å². The predicted molar refractivity (Wildman–Crippen MR) is 43.4 cm³/mol. The molecule has 0 N–H and O–H groups in total. The van der Waals surface area contributed by atoms with Gasteiger partial charge in [-0.25, -0.2) is 0 Å². The zero-order valence-electron chi connectivity index (χ0n) is 7.46. The normalized spacial score (nSPS) is 32.3. The molecule has 0 bridgehead atoms. The van der Waals surface area contributed by atoms with Crippen molar-refractivity contribution in [2.45, 2.75) is 33.3 Å². The molecule has 11 heavy (non-hydrogen) atoms. The van der Waals surface area contributed by atoms with Crippen LogP contribution in [0, 0.1) is 11.3 Å². The number of hydrogen-bond donors (Lipinski definition) is 0. The molecule has 1 rings (SSSR count). The van der Waals surface area contributed by atoms with Gasteiger partial charge in [-0.1, -0.05) is 20.8 Å². The fourth-order valence-electron chi connectivity index (χ4n) is 1.64. The fraction of sp³-hybridized carbons (Fsp3) is 0.889. The average molecular weight is 156 g/mol. The maximum atomic E-state index is 10.6. The summed E-state index contributed by atoms with van der Waals surface area (Å²) in [6.07, 6.45) is 2.05. The molecule has 0 aromatic carbocycles. The maximum Gasteiger partial charge on any atom is 0.125 e. The quantitative estimate of drug-likeness (QED) is 0.539. The van der Waals surface area contributed by atoms with Gasteiger partial charge < -0.3 is 9.53 Å². The Morgan fingerprint density at radius 3 is 2.45 bits per heavy atom. The summed E-state index contributed by atoms with van der Waals surface area (Å²) in [6.45, 7) is 7.07. The lowest BCUT2D eigenvalue weighted by atomic mass is 9.82. The van der Waals surface area contributed by atoms with Gasteiger partial charge in [0, 0.05) is 12.5 Å². The highest BCUT2D eigenvalue weighted by Crippen LogP contribution is 2.33. The van der Waals surface area contributed by atoms with Crippen LogP contribution < -0.4 is 0 Å². The van der Waals surface area contributed by atoms with E-state index < -0.39 is 0 Å². The molecule has 1 saturated heterocycles. The van der Waals surface area contributed by atoms with E-state index in [1.165, 1.54) is 0 Å². The fourth-order valence-corrected chi connectivity index (χ4v) is 1.64. The first-order valence-corrected chi connectivity index (χ1v) is 4.12. The molecule has 1 heterocycles. The SMILES string of the molecule is CC(C)(C)C1OCCC1C=O. The van der Waals surface area contributed by atoms with E-state index in [9.17, 15) is 4.79 Å². The van der Waals surface area contributed by atoms with Gasteiger partial charge in [-0.2, -0.15) is 0 Å². The Morgan fingerprint density at radius 1 is 1.45 bits per heavy atom. The molecule has 1 aliphatic heterocycles. The summed E-state index contributed by atoms with van der Waals surface area (Å²) in [5.74, 6) is 0.120. The van der Waals surface area contributed by atoms with Crippen LogP contribution in [0.2, 0.25) is 0 Å². The molecule has 0 amide bonds. The average Bonchev–Trinajstić information content (AvgIpc) is 2.31. The minimum Gasteiger partial charge on any atom is -0.377 e. The zero-order chi connectivity index (χ0) is 8.48. The van der Waals surface area contributed by atoms with Crippen molar-refractivity contribution < 1.29 is 9.53 Å². The molecule has 0 aromatic heterocycles. The lowest BCUT2D eigenvalue weighted by Crippen LogP contribution is -2.32. The Labute approximate surface area is 67.9 Å². The Kier molecular flexibility index (Phi) is 2.33. The molecule has 1 fully saturated rings. The molecule has 1 aliphatic rings. The van der Waals surface area contributed by atoms with Crippen molar-refractivity contribution in [3.8, 4) is 0 Å². The second kappa shape index (κ2) is 2.94. The standard InChI is InChI=1S/C9H16O2/c1-9(2,3)8-7(6-10)4-5-11-8/h6-8H,4-5H2,1-3H3. The number of hydrogen-bond acceptors (Lipinski definition) is 2. The van der Waals surface area contributed by atoms with Crippen LogP contribution in [0.4, 0.5) is 0 Å². The maximum absolute atomic E-state index is 10.6. The second-order valence-corrected chi connectivity index (χ2v) is 4.25.